The molecule has 2 saturated heterocycles. The van der Waals surface area contributed by atoms with E-state index in [0.29, 0.717) is 35.7 Å². The van der Waals surface area contributed by atoms with E-state index in [1.165, 1.54) is 23.5 Å². The summed E-state index contributed by atoms with van der Waals surface area (Å²) < 4.78 is 30.0. The number of carbonyl (C=O) groups excluding carboxylic acids is 1. The zero-order valence-electron chi connectivity index (χ0n) is 19.5. The van der Waals surface area contributed by atoms with Crippen molar-refractivity contribution < 1.29 is 13.6 Å². The fourth-order valence-electron chi connectivity index (χ4n) is 5.12. The van der Waals surface area contributed by atoms with Gasteiger partial charge in [0.25, 0.3) is 5.91 Å². The Labute approximate surface area is 201 Å². The Bertz CT molecular complexity index is 1230. The van der Waals surface area contributed by atoms with Crippen molar-refractivity contribution in [1.29, 1.82) is 0 Å². The third-order valence-corrected chi connectivity index (χ3v) is 7.83. The minimum atomic E-state index is -0.444. The standard InChI is InChI=1S/C25H29F2N5OS/c1-13-4-7-18-22(28-3)23(34-25(18)30-13)24(33)29-14(2)8-15-9-20(27)21(10-19(15)26)32-11-16-5-6-17(12-32)31-16/h4,7,9-10,14,16-17,28,31H,5-6,8,11-12H2,1-3H3,(H,29,33)/t14-,16?,17?/m1/s1. The largest absolute Gasteiger partial charge is 0.386 e. The van der Waals surface area contributed by atoms with Gasteiger partial charge in [-0.15, -0.1) is 11.3 Å². The molecule has 3 atom stereocenters. The number of amides is 1. The maximum Gasteiger partial charge on any atom is 0.263 e. The van der Waals surface area contributed by atoms with Crippen LogP contribution in [0.25, 0.3) is 10.2 Å². The number of anilines is 2. The summed E-state index contributed by atoms with van der Waals surface area (Å²) in [5, 5.41) is 10.4. The van der Waals surface area contributed by atoms with Crippen LogP contribution in [-0.4, -0.2) is 49.2 Å². The Morgan fingerprint density at radius 2 is 1.97 bits per heavy atom. The summed E-state index contributed by atoms with van der Waals surface area (Å²) in [6, 6.07) is 6.74. The van der Waals surface area contributed by atoms with Crippen molar-refractivity contribution >= 4 is 38.8 Å². The van der Waals surface area contributed by atoms with E-state index in [2.05, 4.69) is 20.9 Å². The number of aromatic nitrogens is 1. The first-order valence-corrected chi connectivity index (χ1v) is 12.5. The van der Waals surface area contributed by atoms with Crippen molar-refractivity contribution in [2.75, 3.05) is 30.4 Å². The second-order valence-corrected chi connectivity index (χ2v) is 10.4. The van der Waals surface area contributed by atoms with Crippen molar-refractivity contribution in [3.63, 3.8) is 0 Å². The van der Waals surface area contributed by atoms with Gasteiger partial charge in [-0.25, -0.2) is 13.8 Å². The third kappa shape index (κ3) is 4.34. The predicted molar refractivity (Wildman–Crippen MR) is 133 cm³/mol. The van der Waals surface area contributed by atoms with Crippen LogP contribution in [0.5, 0.6) is 0 Å². The second kappa shape index (κ2) is 9.11. The van der Waals surface area contributed by atoms with Crippen LogP contribution in [0.1, 0.15) is 40.7 Å². The molecule has 6 nitrogen and oxygen atoms in total. The van der Waals surface area contributed by atoms with Gasteiger partial charge in [0.05, 0.1) is 11.4 Å². The predicted octanol–water partition coefficient (Wildman–Crippen LogP) is 4.23. The smallest absolute Gasteiger partial charge is 0.263 e. The van der Waals surface area contributed by atoms with Gasteiger partial charge in [0, 0.05) is 55.4 Å². The third-order valence-electron chi connectivity index (χ3n) is 6.73. The van der Waals surface area contributed by atoms with Crippen LogP contribution in [-0.2, 0) is 6.42 Å². The number of rotatable bonds is 6. The fourth-order valence-corrected chi connectivity index (χ4v) is 6.25. The fraction of sp³-hybridized carbons (Fsp3) is 0.440. The first kappa shape index (κ1) is 23.0. The van der Waals surface area contributed by atoms with Crippen molar-refractivity contribution in [3.05, 3.63) is 52.0 Å². The van der Waals surface area contributed by atoms with E-state index in [9.17, 15) is 13.6 Å². The first-order valence-electron chi connectivity index (χ1n) is 11.7. The monoisotopic (exact) mass is 485 g/mol. The van der Waals surface area contributed by atoms with Crippen molar-refractivity contribution in [3.8, 4) is 0 Å². The average molecular weight is 486 g/mol. The number of pyridine rings is 1. The molecule has 9 heteroatoms. The van der Waals surface area contributed by atoms with Gasteiger partial charge in [-0.1, -0.05) is 0 Å². The molecule has 2 bridgehead atoms. The molecule has 34 heavy (non-hydrogen) atoms. The molecule has 2 fully saturated rings. The number of carbonyl (C=O) groups is 1. The number of benzene rings is 1. The molecule has 3 N–H and O–H groups in total. The Kier molecular flexibility index (Phi) is 6.16. The summed E-state index contributed by atoms with van der Waals surface area (Å²) in [5.41, 5.74) is 2.19. The number of aryl methyl sites for hydroxylation is 1. The molecule has 2 aromatic heterocycles. The van der Waals surface area contributed by atoms with Gasteiger partial charge >= 0.3 is 0 Å². The summed E-state index contributed by atoms with van der Waals surface area (Å²) in [4.78, 5) is 20.8. The highest BCUT2D eigenvalue weighted by Gasteiger charge is 2.33. The molecule has 1 amide bonds. The zero-order valence-corrected chi connectivity index (χ0v) is 20.4. The van der Waals surface area contributed by atoms with Gasteiger partial charge in [0.15, 0.2) is 0 Å². The lowest BCUT2D eigenvalue weighted by atomic mass is 10.0. The molecule has 0 aliphatic carbocycles. The molecule has 5 rings (SSSR count). The summed E-state index contributed by atoms with van der Waals surface area (Å²) in [5.74, 6) is -1.12. The summed E-state index contributed by atoms with van der Waals surface area (Å²) in [6.07, 6.45) is 2.34. The second-order valence-electron chi connectivity index (χ2n) is 9.38. The van der Waals surface area contributed by atoms with Gasteiger partial charge in [0.1, 0.15) is 21.3 Å². The molecule has 0 saturated carbocycles. The molecule has 180 valence electrons. The highest BCUT2D eigenvalue weighted by molar-refractivity contribution is 7.21. The number of halogens is 2. The minimum Gasteiger partial charge on any atom is -0.386 e. The summed E-state index contributed by atoms with van der Waals surface area (Å²) in [6.45, 7) is 5.09. The lowest BCUT2D eigenvalue weighted by molar-refractivity contribution is 0.0945. The molecular formula is C25H29F2N5OS. The van der Waals surface area contributed by atoms with Gasteiger partial charge < -0.3 is 20.9 Å². The highest BCUT2D eigenvalue weighted by atomic mass is 32.1. The number of nitrogens with zero attached hydrogens (tertiary/aromatic N) is 2. The quantitative estimate of drug-likeness (QED) is 0.488. The molecule has 4 heterocycles. The highest BCUT2D eigenvalue weighted by Crippen LogP contribution is 2.35. The van der Waals surface area contributed by atoms with Gasteiger partial charge in [-0.05, 0) is 56.9 Å². The van der Waals surface area contributed by atoms with E-state index in [-0.39, 0.29) is 23.9 Å². The topological polar surface area (TPSA) is 69.3 Å². The van der Waals surface area contributed by atoms with E-state index in [4.69, 9.17) is 0 Å². The Morgan fingerprint density at radius 1 is 1.24 bits per heavy atom. The van der Waals surface area contributed by atoms with Gasteiger partial charge in [-0.2, -0.15) is 0 Å². The number of fused-ring (bicyclic) bond motifs is 3. The molecule has 1 aromatic carbocycles. The van der Waals surface area contributed by atoms with Crippen molar-refractivity contribution in [2.24, 2.45) is 0 Å². The Balaban J connectivity index is 1.30. The molecule has 2 unspecified atom stereocenters. The number of hydrogen-bond donors (Lipinski definition) is 3. The lowest BCUT2D eigenvalue weighted by Crippen LogP contribution is -2.51. The summed E-state index contributed by atoms with van der Waals surface area (Å²) >= 11 is 1.32. The first-order chi connectivity index (χ1) is 16.3. The van der Waals surface area contributed by atoms with E-state index in [0.717, 1.165) is 34.4 Å². The van der Waals surface area contributed by atoms with Crippen LogP contribution in [0, 0.1) is 18.6 Å². The summed E-state index contributed by atoms with van der Waals surface area (Å²) in [7, 11) is 1.77. The van der Waals surface area contributed by atoms with Crippen LogP contribution < -0.4 is 20.9 Å². The Hall–Kier alpha value is -2.78. The van der Waals surface area contributed by atoms with Crippen LogP contribution >= 0.6 is 11.3 Å². The molecule has 0 spiro atoms. The minimum absolute atomic E-state index is 0.193. The van der Waals surface area contributed by atoms with E-state index in [1.807, 2.05) is 24.0 Å². The molecule has 2 aliphatic heterocycles. The van der Waals surface area contributed by atoms with Crippen LogP contribution in [0.4, 0.5) is 20.2 Å². The van der Waals surface area contributed by atoms with Crippen LogP contribution in [0.2, 0.25) is 0 Å². The molecule has 3 aromatic rings. The maximum atomic E-state index is 15.0. The SMILES string of the molecule is CNc1c(C(=O)N[C@H](C)Cc2cc(F)c(N3CC4CCC(C3)N4)cc2F)sc2nc(C)ccc12. The number of hydrogen-bond acceptors (Lipinski definition) is 6. The molecule has 0 radical (unpaired) electrons. The number of nitrogens with one attached hydrogen (secondary N) is 3. The van der Waals surface area contributed by atoms with E-state index >= 15 is 0 Å². The van der Waals surface area contributed by atoms with E-state index in [1.54, 1.807) is 14.0 Å². The Morgan fingerprint density at radius 3 is 2.68 bits per heavy atom. The number of piperazine rings is 1. The van der Waals surface area contributed by atoms with Crippen molar-refractivity contribution in [2.45, 2.75) is 51.2 Å². The lowest BCUT2D eigenvalue weighted by Gasteiger charge is -2.35. The van der Waals surface area contributed by atoms with Crippen LogP contribution in [0.15, 0.2) is 24.3 Å². The average Bonchev–Trinajstić information content (AvgIpc) is 3.34. The van der Waals surface area contributed by atoms with Crippen molar-refractivity contribution in [1.82, 2.24) is 15.6 Å². The van der Waals surface area contributed by atoms with Gasteiger partial charge in [0.2, 0.25) is 0 Å². The van der Waals surface area contributed by atoms with E-state index < -0.39 is 11.6 Å². The molecule has 2 aliphatic rings. The normalized spacial score (nSPS) is 20.6. The maximum absolute atomic E-state index is 15.0. The molecular weight excluding hydrogens is 456 g/mol. The van der Waals surface area contributed by atoms with Crippen LogP contribution in [0.3, 0.4) is 0 Å². The zero-order chi connectivity index (χ0) is 24.0. The number of thiophene rings is 1. The van der Waals surface area contributed by atoms with Gasteiger partial charge in [-0.3, -0.25) is 4.79 Å².